The third kappa shape index (κ3) is 1.30. The van der Waals surface area contributed by atoms with E-state index in [9.17, 15) is 4.79 Å². The molecule has 0 aliphatic carbocycles. The van der Waals surface area contributed by atoms with E-state index in [0.29, 0.717) is 0 Å². The van der Waals surface area contributed by atoms with Gasteiger partial charge in [0.1, 0.15) is 0 Å². The Morgan fingerprint density at radius 3 is 2.62 bits per heavy atom. The molecule has 0 spiro atoms. The van der Waals surface area contributed by atoms with Gasteiger partial charge in [0, 0.05) is 18.2 Å². The summed E-state index contributed by atoms with van der Waals surface area (Å²) in [5.74, 6) is 0.0613. The molecule has 0 N–H and O–H groups in total. The van der Waals surface area contributed by atoms with Gasteiger partial charge in [-0.1, -0.05) is 18.7 Å². The van der Waals surface area contributed by atoms with E-state index in [0.717, 1.165) is 16.8 Å². The third-order valence-corrected chi connectivity index (χ3v) is 3.16. The zero-order valence-electron chi connectivity index (χ0n) is 9.87. The van der Waals surface area contributed by atoms with Gasteiger partial charge in [0.2, 0.25) is 0 Å². The number of carbonyl (C=O) groups is 1. The lowest BCUT2D eigenvalue weighted by atomic mass is 9.97. The zero-order chi connectivity index (χ0) is 11.9. The monoisotopic (exact) mass is 213 g/mol. The number of nitrogens with zero attached hydrogens (tertiary/aromatic N) is 1. The first kappa shape index (κ1) is 10.7. The van der Waals surface area contributed by atoms with Gasteiger partial charge in [0.25, 0.3) is 5.91 Å². The Labute approximate surface area is 95.9 Å². The van der Waals surface area contributed by atoms with E-state index in [4.69, 9.17) is 0 Å². The summed E-state index contributed by atoms with van der Waals surface area (Å²) in [6.45, 7) is 7.81. The van der Waals surface area contributed by atoms with Crippen LogP contribution in [0.4, 0.5) is 0 Å². The van der Waals surface area contributed by atoms with Crippen molar-refractivity contribution in [2.24, 2.45) is 0 Å². The van der Waals surface area contributed by atoms with E-state index < -0.39 is 0 Å². The highest BCUT2D eigenvalue weighted by atomic mass is 16.2. The molecular weight excluding hydrogens is 198 g/mol. The lowest BCUT2D eigenvalue weighted by molar-refractivity contribution is 0.0874. The number of allylic oxidation sites excluding steroid dienone is 2. The number of amides is 1. The maximum absolute atomic E-state index is 12.0. The minimum absolute atomic E-state index is 0.0613. The summed E-state index contributed by atoms with van der Waals surface area (Å²) in [6, 6.07) is 3.90. The molecular formula is C14H15NO. The molecule has 0 atom stereocenters. The molecule has 1 aliphatic heterocycles. The maximum Gasteiger partial charge on any atom is 0.258 e. The Morgan fingerprint density at radius 2 is 2.00 bits per heavy atom. The second-order valence-corrected chi connectivity index (χ2v) is 4.08. The molecule has 2 heteroatoms. The molecule has 2 nitrogen and oxygen atoms in total. The van der Waals surface area contributed by atoms with Crippen molar-refractivity contribution in [3.8, 4) is 0 Å². The molecule has 1 amide bonds. The maximum atomic E-state index is 12.0. The fourth-order valence-corrected chi connectivity index (χ4v) is 2.09. The number of hydrogen-bond donors (Lipinski definition) is 0. The SMILES string of the molecule is C=C/C=C1\c2c(ccc(C)c2C)C(=O)N1C. The Morgan fingerprint density at radius 1 is 1.31 bits per heavy atom. The van der Waals surface area contributed by atoms with Crippen LogP contribution in [-0.4, -0.2) is 17.9 Å². The lowest BCUT2D eigenvalue weighted by Crippen LogP contribution is -2.16. The predicted octanol–water partition coefficient (Wildman–Crippen LogP) is 2.92. The fourth-order valence-electron chi connectivity index (χ4n) is 2.09. The van der Waals surface area contributed by atoms with E-state index >= 15 is 0 Å². The van der Waals surface area contributed by atoms with Crippen LogP contribution in [0, 0.1) is 13.8 Å². The third-order valence-electron chi connectivity index (χ3n) is 3.16. The van der Waals surface area contributed by atoms with E-state index in [1.807, 2.05) is 18.2 Å². The van der Waals surface area contributed by atoms with Crippen molar-refractivity contribution >= 4 is 11.6 Å². The highest BCUT2D eigenvalue weighted by molar-refractivity contribution is 6.09. The Bertz CT molecular complexity index is 512. The van der Waals surface area contributed by atoms with Crippen LogP contribution in [0.15, 0.2) is 30.9 Å². The summed E-state index contributed by atoms with van der Waals surface area (Å²) in [7, 11) is 1.80. The zero-order valence-corrected chi connectivity index (χ0v) is 9.87. The van der Waals surface area contributed by atoms with E-state index in [1.54, 1.807) is 18.0 Å². The van der Waals surface area contributed by atoms with Crippen LogP contribution in [0.5, 0.6) is 0 Å². The molecule has 1 heterocycles. The summed E-state index contributed by atoms with van der Waals surface area (Å²) in [5.41, 5.74) is 5.16. The average molecular weight is 213 g/mol. The highest BCUT2D eigenvalue weighted by Crippen LogP contribution is 2.35. The first-order valence-electron chi connectivity index (χ1n) is 5.29. The first-order valence-corrected chi connectivity index (χ1v) is 5.29. The van der Waals surface area contributed by atoms with Crippen LogP contribution >= 0.6 is 0 Å². The second-order valence-electron chi connectivity index (χ2n) is 4.08. The normalized spacial score (nSPS) is 16.8. The van der Waals surface area contributed by atoms with Crippen molar-refractivity contribution < 1.29 is 4.79 Å². The average Bonchev–Trinajstić information content (AvgIpc) is 2.50. The van der Waals surface area contributed by atoms with Gasteiger partial charge in [0.05, 0.1) is 5.70 Å². The minimum atomic E-state index is 0.0613. The molecule has 1 aromatic carbocycles. The smallest absolute Gasteiger partial charge is 0.258 e. The lowest BCUT2D eigenvalue weighted by Gasteiger charge is -2.11. The van der Waals surface area contributed by atoms with Crippen LogP contribution in [0.2, 0.25) is 0 Å². The Balaban J connectivity index is 2.77. The van der Waals surface area contributed by atoms with Gasteiger partial charge in [-0.2, -0.15) is 0 Å². The number of fused-ring (bicyclic) bond motifs is 1. The Kier molecular flexibility index (Phi) is 2.43. The number of carbonyl (C=O) groups excluding carboxylic acids is 1. The van der Waals surface area contributed by atoms with Crippen LogP contribution in [0.25, 0.3) is 5.70 Å². The molecule has 1 aliphatic rings. The summed E-state index contributed by atoms with van der Waals surface area (Å²) in [6.07, 6.45) is 3.60. The highest BCUT2D eigenvalue weighted by Gasteiger charge is 2.30. The first-order chi connectivity index (χ1) is 7.57. The molecule has 16 heavy (non-hydrogen) atoms. The largest absolute Gasteiger partial charge is 0.311 e. The van der Waals surface area contributed by atoms with Crippen molar-refractivity contribution in [1.82, 2.24) is 4.90 Å². The molecule has 0 unspecified atom stereocenters. The van der Waals surface area contributed by atoms with Crippen LogP contribution in [0.1, 0.15) is 27.0 Å². The van der Waals surface area contributed by atoms with Crippen LogP contribution in [0.3, 0.4) is 0 Å². The number of benzene rings is 1. The van der Waals surface area contributed by atoms with Gasteiger partial charge < -0.3 is 4.90 Å². The summed E-state index contributed by atoms with van der Waals surface area (Å²) < 4.78 is 0. The van der Waals surface area contributed by atoms with Crippen LogP contribution in [-0.2, 0) is 0 Å². The molecule has 0 radical (unpaired) electrons. The van der Waals surface area contributed by atoms with Gasteiger partial charge in [-0.05, 0) is 37.1 Å². The van der Waals surface area contributed by atoms with E-state index in [-0.39, 0.29) is 5.91 Å². The van der Waals surface area contributed by atoms with Crippen molar-refractivity contribution in [2.75, 3.05) is 7.05 Å². The number of aryl methyl sites for hydroxylation is 1. The molecule has 2 rings (SSSR count). The topological polar surface area (TPSA) is 20.3 Å². The molecule has 0 bridgehead atoms. The fraction of sp³-hybridized carbons (Fsp3) is 0.214. The van der Waals surface area contributed by atoms with Gasteiger partial charge >= 0.3 is 0 Å². The molecule has 0 fully saturated rings. The second kappa shape index (κ2) is 3.63. The van der Waals surface area contributed by atoms with Gasteiger partial charge in [-0.25, -0.2) is 0 Å². The molecule has 0 aromatic heterocycles. The quantitative estimate of drug-likeness (QED) is 0.702. The molecule has 1 aromatic rings. The van der Waals surface area contributed by atoms with Crippen molar-refractivity contribution in [1.29, 1.82) is 0 Å². The summed E-state index contributed by atoms with van der Waals surface area (Å²) >= 11 is 0. The standard InChI is InChI=1S/C14H15NO/c1-5-6-12-13-10(3)9(2)7-8-11(13)14(16)15(12)4/h5-8H,1H2,2-4H3/b12-6+. The van der Waals surface area contributed by atoms with Gasteiger partial charge in [-0.3, -0.25) is 4.79 Å². The van der Waals surface area contributed by atoms with E-state index in [1.165, 1.54) is 11.1 Å². The summed E-state index contributed by atoms with van der Waals surface area (Å²) in [4.78, 5) is 13.7. The van der Waals surface area contributed by atoms with Crippen LogP contribution < -0.4 is 0 Å². The van der Waals surface area contributed by atoms with Crippen molar-refractivity contribution in [2.45, 2.75) is 13.8 Å². The number of rotatable bonds is 1. The minimum Gasteiger partial charge on any atom is -0.311 e. The van der Waals surface area contributed by atoms with E-state index in [2.05, 4.69) is 20.4 Å². The van der Waals surface area contributed by atoms with Gasteiger partial charge in [-0.15, -0.1) is 0 Å². The molecule has 0 saturated carbocycles. The Hall–Kier alpha value is -1.83. The van der Waals surface area contributed by atoms with Gasteiger partial charge in [0.15, 0.2) is 0 Å². The van der Waals surface area contributed by atoms with Crippen molar-refractivity contribution in [3.63, 3.8) is 0 Å². The molecule has 0 saturated heterocycles. The summed E-state index contributed by atoms with van der Waals surface area (Å²) in [5, 5.41) is 0. The predicted molar refractivity (Wildman–Crippen MR) is 66.2 cm³/mol. The number of hydrogen-bond acceptors (Lipinski definition) is 1. The van der Waals surface area contributed by atoms with Crippen molar-refractivity contribution in [3.05, 3.63) is 53.1 Å². The molecule has 82 valence electrons.